The molecule has 8 heteroatoms. The molecular formula is C27H36N6S2. The predicted octanol–water partition coefficient (Wildman–Crippen LogP) is 6.94. The number of fused-ring (bicyclic) bond motifs is 2. The fraction of sp³-hybridized carbons (Fsp3) is 0.556. The van der Waals surface area contributed by atoms with Gasteiger partial charge in [0.2, 0.25) is 0 Å². The van der Waals surface area contributed by atoms with Crippen molar-refractivity contribution in [2.75, 3.05) is 23.3 Å². The van der Waals surface area contributed by atoms with Gasteiger partial charge >= 0.3 is 0 Å². The molecule has 4 heterocycles. The summed E-state index contributed by atoms with van der Waals surface area (Å²) >= 11 is 3.59. The molecule has 1 aliphatic carbocycles. The van der Waals surface area contributed by atoms with E-state index in [4.69, 9.17) is 19.9 Å². The van der Waals surface area contributed by atoms with Gasteiger partial charge in [-0.1, -0.05) is 19.8 Å². The number of hydrogen-bond donors (Lipinski definition) is 1. The highest BCUT2D eigenvalue weighted by atomic mass is 32.1. The second kappa shape index (κ2) is 10.7. The van der Waals surface area contributed by atoms with Crippen molar-refractivity contribution in [3.8, 4) is 0 Å². The van der Waals surface area contributed by atoms with Gasteiger partial charge < -0.3 is 10.2 Å². The van der Waals surface area contributed by atoms with Crippen molar-refractivity contribution in [1.29, 1.82) is 0 Å². The van der Waals surface area contributed by atoms with Crippen LogP contribution >= 0.6 is 22.7 Å². The molecule has 4 aromatic heterocycles. The molecule has 0 spiro atoms. The largest absolute Gasteiger partial charge is 0.367 e. The number of anilines is 2. The first-order chi connectivity index (χ1) is 17.1. The third kappa shape index (κ3) is 5.28. The molecule has 0 aromatic carbocycles. The summed E-state index contributed by atoms with van der Waals surface area (Å²) in [6.07, 6.45) is 8.90. The Labute approximate surface area is 216 Å². The first-order valence-corrected chi connectivity index (χ1v) is 14.8. The third-order valence-corrected chi connectivity index (χ3v) is 8.96. The van der Waals surface area contributed by atoms with Crippen molar-refractivity contribution in [2.24, 2.45) is 0 Å². The number of thiophene rings is 2. The fourth-order valence-electron chi connectivity index (χ4n) is 5.04. The Morgan fingerprint density at radius 3 is 2.37 bits per heavy atom. The van der Waals surface area contributed by atoms with Crippen LogP contribution < -0.4 is 10.2 Å². The highest BCUT2D eigenvalue weighted by Gasteiger charge is 2.19. The summed E-state index contributed by atoms with van der Waals surface area (Å²) < 4.78 is 0. The van der Waals surface area contributed by atoms with Crippen LogP contribution in [-0.4, -0.2) is 39.1 Å². The summed E-state index contributed by atoms with van der Waals surface area (Å²) in [6, 6.07) is 5.09. The summed E-state index contributed by atoms with van der Waals surface area (Å²) in [5.74, 6) is 4.01. The van der Waals surface area contributed by atoms with Crippen LogP contribution in [0.15, 0.2) is 12.1 Å². The van der Waals surface area contributed by atoms with E-state index in [9.17, 15) is 0 Å². The van der Waals surface area contributed by atoms with Gasteiger partial charge in [0, 0.05) is 41.7 Å². The van der Waals surface area contributed by atoms with Crippen LogP contribution in [0.1, 0.15) is 74.3 Å². The Morgan fingerprint density at radius 2 is 1.63 bits per heavy atom. The molecule has 0 aliphatic heterocycles. The summed E-state index contributed by atoms with van der Waals surface area (Å²) in [7, 11) is 0. The van der Waals surface area contributed by atoms with Gasteiger partial charge in [0.1, 0.15) is 32.9 Å². The summed E-state index contributed by atoms with van der Waals surface area (Å²) in [5, 5.41) is 6.11. The lowest BCUT2D eigenvalue weighted by atomic mass is 10.2. The highest BCUT2D eigenvalue weighted by Crippen LogP contribution is 2.33. The van der Waals surface area contributed by atoms with Crippen molar-refractivity contribution >= 4 is 54.7 Å². The Hall–Kier alpha value is -2.32. The molecule has 186 valence electrons. The van der Waals surface area contributed by atoms with E-state index >= 15 is 0 Å². The van der Waals surface area contributed by atoms with Crippen molar-refractivity contribution in [3.05, 3.63) is 33.5 Å². The van der Waals surface area contributed by atoms with Gasteiger partial charge in [0.05, 0.1) is 10.8 Å². The van der Waals surface area contributed by atoms with E-state index in [2.05, 4.69) is 50.0 Å². The van der Waals surface area contributed by atoms with Crippen molar-refractivity contribution in [3.63, 3.8) is 0 Å². The van der Waals surface area contributed by atoms with Crippen LogP contribution in [-0.2, 0) is 19.3 Å². The summed E-state index contributed by atoms with van der Waals surface area (Å²) in [5.41, 5.74) is 0. The van der Waals surface area contributed by atoms with Crippen LogP contribution in [0, 0.1) is 6.92 Å². The molecule has 0 unspecified atom stereocenters. The number of nitrogens with zero attached hydrogens (tertiary/aromatic N) is 5. The van der Waals surface area contributed by atoms with E-state index in [1.807, 2.05) is 11.3 Å². The van der Waals surface area contributed by atoms with E-state index in [-0.39, 0.29) is 0 Å². The lowest BCUT2D eigenvalue weighted by molar-refractivity contribution is 0.749. The predicted molar refractivity (Wildman–Crippen MR) is 150 cm³/mol. The van der Waals surface area contributed by atoms with Gasteiger partial charge in [-0.05, 0) is 58.6 Å². The molecule has 6 nitrogen and oxygen atoms in total. The second-order valence-corrected chi connectivity index (χ2v) is 11.8. The summed E-state index contributed by atoms with van der Waals surface area (Å²) in [4.78, 5) is 26.9. The van der Waals surface area contributed by atoms with Gasteiger partial charge in [0.15, 0.2) is 0 Å². The lowest BCUT2D eigenvalue weighted by Gasteiger charge is -2.21. The molecule has 0 amide bonds. The lowest BCUT2D eigenvalue weighted by Crippen LogP contribution is -2.23. The van der Waals surface area contributed by atoms with Crippen LogP contribution in [0.4, 0.5) is 11.6 Å². The van der Waals surface area contributed by atoms with Crippen LogP contribution in [0.25, 0.3) is 20.4 Å². The SMILES string of the molecule is CCc1nc(NC2CCCC2)c2cc(CCCc3nc(N(CC)CC)c4cc(C)sc4n3)sc2n1. The standard InChI is InChI=1S/C27H36N6S2/c1-5-22-29-24(28-18-11-8-9-12-18)20-16-19(35-26(20)31-22)13-10-14-23-30-25(33(6-2)7-3)21-15-17(4)34-27(21)32-23/h15-16,18H,5-14H2,1-4H3,(H,28,29,31). The molecule has 5 rings (SSSR count). The number of nitrogens with one attached hydrogen (secondary N) is 1. The maximum Gasteiger partial charge on any atom is 0.141 e. The van der Waals surface area contributed by atoms with Gasteiger partial charge in [-0.25, -0.2) is 19.9 Å². The molecule has 1 fully saturated rings. The number of aryl methyl sites for hydroxylation is 4. The van der Waals surface area contributed by atoms with E-state index in [1.54, 1.807) is 11.3 Å². The van der Waals surface area contributed by atoms with Crippen molar-refractivity contribution in [1.82, 2.24) is 19.9 Å². The smallest absolute Gasteiger partial charge is 0.141 e. The van der Waals surface area contributed by atoms with Gasteiger partial charge in [-0.2, -0.15) is 0 Å². The third-order valence-electron chi connectivity index (χ3n) is 6.93. The summed E-state index contributed by atoms with van der Waals surface area (Å²) in [6.45, 7) is 10.6. The van der Waals surface area contributed by atoms with Crippen molar-refractivity contribution in [2.45, 2.75) is 85.1 Å². The molecule has 0 bridgehead atoms. The van der Waals surface area contributed by atoms with Crippen LogP contribution in [0.3, 0.4) is 0 Å². The normalized spacial score (nSPS) is 14.4. The molecule has 4 aromatic rings. The first-order valence-electron chi connectivity index (χ1n) is 13.2. The zero-order valence-corrected chi connectivity index (χ0v) is 23.0. The molecular weight excluding hydrogens is 472 g/mol. The molecule has 0 radical (unpaired) electrons. The molecule has 1 saturated carbocycles. The van der Waals surface area contributed by atoms with Gasteiger partial charge in [-0.15, -0.1) is 22.7 Å². The zero-order chi connectivity index (χ0) is 24.4. The second-order valence-electron chi connectivity index (χ2n) is 9.46. The van der Waals surface area contributed by atoms with Crippen LogP contribution in [0.5, 0.6) is 0 Å². The van der Waals surface area contributed by atoms with Crippen molar-refractivity contribution < 1.29 is 0 Å². The van der Waals surface area contributed by atoms with E-state index in [0.717, 1.165) is 71.7 Å². The zero-order valence-electron chi connectivity index (χ0n) is 21.4. The maximum absolute atomic E-state index is 5.02. The first kappa shape index (κ1) is 24.4. The maximum atomic E-state index is 5.02. The minimum Gasteiger partial charge on any atom is -0.367 e. The Kier molecular flexibility index (Phi) is 7.48. The van der Waals surface area contributed by atoms with E-state index < -0.39 is 0 Å². The monoisotopic (exact) mass is 508 g/mol. The quantitative estimate of drug-likeness (QED) is 0.250. The highest BCUT2D eigenvalue weighted by molar-refractivity contribution is 7.19. The van der Waals surface area contributed by atoms with E-state index in [0.29, 0.717) is 6.04 Å². The molecule has 35 heavy (non-hydrogen) atoms. The number of hydrogen-bond acceptors (Lipinski definition) is 8. The minimum atomic E-state index is 0.550. The number of rotatable bonds is 10. The van der Waals surface area contributed by atoms with E-state index in [1.165, 1.54) is 46.2 Å². The Balaban J connectivity index is 1.34. The minimum absolute atomic E-state index is 0.550. The Bertz CT molecular complexity index is 1300. The van der Waals surface area contributed by atoms with Crippen LogP contribution in [0.2, 0.25) is 0 Å². The Morgan fingerprint density at radius 1 is 0.886 bits per heavy atom. The van der Waals surface area contributed by atoms with Gasteiger partial charge in [0.25, 0.3) is 0 Å². The molecule has 0 saturated heterocycles. The fourth-order valence-corrected chi connectivity index (χ4v) is 7.02. The number of aromatic nitrogens is 4. The van der Waals surface area contributed by atoms with Gasteiger partial charge in [-0.3, -0.25) is 0 Å². The average Bonchev–Trinajstić information content (AvgIpc) is 3.59. The molecule has 1 N–H and O–H groups in total. The molecule has 1 aliphatic rings. The molecule has 0 atom stereocenters. The average molecular weight is 509 g/mol. The topological polar surface area (TPSA) is 66.8 Å².